The number of rotatable bonds is 4. The Labute approximate surface area is 109 Å². The van der Waals surface area contributed by atoms with Crippen LogP contribution in [0.1, 0.15) is 31.7 Å². The summed E-state index contributed by atoms with van der Waals surface area (Å²) in [5.41, 5.74) is 1.73. The minimum Gasteiger partial charge on any atom is -0.370 e. The Morgan fingerprint density at radius 3 is 3.00 bits per heavy atom. The highest BCUT2D eigenvalue weighted by molar-refractivity contribution is 5.48. The molecule has 18 heavy (non-hydrogen) atoms. The van der Waals surface area contributed by atoms with Gasteiger partial charge in [-0.15, -0.1) is 0 Å². The van der Waals surface area contributed by atoms with Crippen molar-refractivity contribution in [3.63, 3.8) is 0 Å². The molecule has 3 heteroatoms. The van der Waals surface area contributed by atoms with Gasteiger partial charge in [0.25, 0.3) is 0 Å². The SMILES string of the molecule is CCCNC1CCCN(c2ccc(C)c(F)c2)C1. The van der Waals surface area contributed by atoms with E-state index in [0.29, 0.717) is 6.04 Å². The molecule has 1 N–H and O–H groups in total. The number of anilines is 1. The maximum absolute atomic E-state index is 13.6. The maximum atomic E-state index is 13.6. The third kappa shape index (κ3) is 3.22. The molecule has 1 aromatic carbocycles. The van der Waals surface area contributed by atoms with E-state index < -0.39 is 0 Å². The average Bonchev–Trinajstić information content (AvgIpc) is 2.40. The van der Waals surface area contributed by atoms with Crippen LogP contribution in [0.5, 0.6) is 0 Å². The molecule has 100 valence electrons. The molecule has 0 amide bonds. The number of halogens is 1. The summed E-state index contributed by atoms with van der Waals surface area (Å²) in [5.74, 6) is -0.101. The summed E-state index contributed by atoms with van der Waals surface area (Å²) in [7, 11) is 0. The van der Waals surface area contributed by atoms with Gasteiger partial charge in [0, 0.05) is 24.8 Å². The van der Waals surface area contributed by atoms with Crippen LogP contribution in [-0.2, 0) is 0 Å². The van der Waals surface area contributed by atoms with Crippen LogP contribution in [0.2, 0.25) is 0 Å². The summed E-state index contributed by atoms with van der Waals surface area (Å²) in [4.78, 5) is 2.29. The molecule has 1 aromatic rings. The van der Waals surface area contributed by atoms with Gasteiger partial charge in [0.2, 0.25) is 0 Å². The molecule has 0 aliphatic carbocycles. The molecule has 1 saturated heterocycles. The Balaban J connectivity index is 2.01. The predicted octanol–water partition coefficient (Wildman–Crippen LogP) is 3.10. The first-order chi connectivity index (χ1) is 8.70. The van der Waals surface area contributed by atoms with E-state index >= 15 is 0 Å². The molecular weight excluding hydrogens is 227 g/mol. The first-order valence-corrected chi connectivity index (χ1v) is 6.95. The summed E-state index contributed by atoms with van der Waals surface area (Å²) in [6, 6.07) is 6.11. The highest BCUT2D eigenvalue weighted by Gasteiger charge is 2.19. The quantitative estimate of drug-likeness (QED) is 0.883. The van der Waals surface area contributed by atoms with Gasteiger partial charge in [0.1, 0.15) is 5.82 Å². The molecule has 1 heterocycles. The Hall–Kier alpha value is -1.09. The zero-order valence-electron chi connectivity index (χ0n) is 11.4. The molecule has 1 aliphatic heterocycles. The number of aryl methyl sites for hydroxylation is 1. The monoisotopic (exact) mass is 250 g/mol. The summed E-state index contributed by atoms with van der Waals surface area (Å²) in [6.07, 6.45) is 3.57. The normalized spacial score (nSPS) is 20.2. The van der Waals surface area contributed by atoms with Gasteiger partial charge in [-0.3, -0.25) is 0 Å². The standard InChI is InChI=1S/C15H23FN2/c1-3-8-17-13-5-4-9-18(11-13)14-7-6-12(2)15(16)10-14/h6-7,10,13,17H,3-5,8-9,11H2,1-2H3. The lowest BCUT2D eigenvalue weighted by atomic mass is 10.0. The van der Waals surface area contributed by atoms with Crippen LogP contribution in [0.25, 0.3) is 0 Å². The van der Waals surface area contributed by atoms with Crippen molar-refractivity contribution in [1.82, 2.24) is 5.32 Å². The number of benzene rings is 1. The van der Waals surface area contributed by atoms with E-state index in [4.69, 9.17) is 0 Å². The Morgan fingerprint density at radius 2 is 2.28 bits per heavy atom. The van der Waals surface area contributed by atoms with E-state index in [-0.39, 0.29) is 5.82 Å². The second-order valence-corrected chi connectivity index (χ2v) is 5.17. The summed E-state index contributed by atoms with van der Waals surface area (Å²) in [6.45, 7) is 7.08. The van der Waals surface area contributed by atoms with Crippen molar-refractivity contribution in [3.8, 4) is 0 Å². The third-order valence-corrected chi connectivity index (χ3v) is 3.62. The van der Waals surface area contributed by atoms with Gasteiger partial charge in [-0.25, -0.2) is 4.39 Å². The molecule has 1 aliphatic rings. The number of piperidine rings is 1. The maximum Gasteiger partial charge on any atom is 0.128 e. The molecule has 0 saturated carbocycles. The Kier molecular flexibility index (Phi) is 4.59. The molecule has 1 unspecified atom stereocenters. The number of nitrogens with zero attached hydrogens (tertiary/aromatic N) is 1. The van der Waals surface area contributed by atoms with Gasteiger partial charge in [-0.05, 0) is 50.4 Å². The molecule has 1 fully saturated rings. The number of hydrogen-bond donors (Lipinski definition) is 1. The van der Waals surface area contributed by atoms with Crippen molar-refractivity contribution in [3.05, 3.63) is 29.6 Å². The Morgan fingerprint density at radius 1 is 1.44 bits per heavy atom. The van der Waals surface area contributed by atoms with E-state index in [1.165, 1.54) is 12.8 Å². The minimum atomic E-state index is -0.101. The summed E-state index contributed by atoms with van der Waals surface area (Å²) < 4.78 is 13.6. The topological polar surface area (TPSA) is 15.3 Å². The lowest BCUT2D eigenvalue weighted by molar-refractivity contribution is 0.423. The highest BCUT2D eigenvalue weighted by Crippen LogP contribution is 2.22. The fourth-order valence-corrected chi connectivity index (χ4v) is 2.51. The first-order valence-electron chi connectivity index (χ1n) is 6.95. The van der Waals surface area contributed by atoms with E-state index in [1.54, 1.807) is 13.0 Å². The van der Waals surface area contributed by atoms with Crippen molar-refractivity contribution in [2.24, 2.45) is 0 Å². The molecule has 2 rings (SSSR count). The van der Waals surface area contributed by atoms with E-state index in [2.05, 4.69) is 17.1 Å². The molecule has 2 nitrogen and oxygen atoms in total. The van der Waals surface area contributed by atoms with Crippen LogP contribution >= 0.6 is 0 Å². The third-order valence-electron chi connectivity index (χ3n) is 3.62. The number of hydrogen-bond acceptors (Lipinski definition) is 2. The van der Waals surface area contributed by atoms with Crippen LogP contribution in [0, 0.1) is 12.7 Å². The predicted molar refractivity (Wildman–Crippen MR) is 74.7 cm³/mol. The van der Waals surface area contributed by atoms with E-state index in [9.17, 15) is 4.39 Å². The van der Waals surface area contributed by atoms with Crippen LogP contribution in [-0.4, -0.2) is 25.7 Å². The van der Waals surface area contributed by atoms with Crippen LogP contribution < -0.4 is 10.2 Å². The van der Waals surface area contributed by atoms with Crippen molar-refractivity contribution >= 4 is 5.69 Å². The molecule has 0 spiro atoms. The number of nitrogens with one attached hydrogen (secondary N) is 1. The summed E-state index contributed by atoms with van der Waals surface area (Å²) >= 11 is 0. The van der Waals surface area contributed by atoms with Crippen molar-refractivity contribution in [2.75, 3.05) is 24.5 Å². The lowest BCUT2D eigenvalue weighted by Crippen LogP contribution is -2.46. The largest absolute Gasteiger partial charge is 0.370 e. The van der Waals surface area contributed by atoms with Crippen molar-refractivity contribution in [2.45, 2.75) is 39.2 Å². The Bertz CT molecular complexity index is 392. The van der Waals surface area contributed by atoms with Gasteiger partial charge in [-0.2, -0.15) is 0 Å². The van der Waals surface area contributed by atoms with Crippen molar-refractivity contribution < 1.29 is 4.39 Å². The van der Waals surface area contributed by atoms with E-state index in [0.717, 1.165) is 37.3 Å². The van der Waals surface area contributed by atoms with Crippen LogP contribution in [0.3, 0.4) is 0 Å². The molecule has 1 atom stereocenters. The molecule has 0 aromatic heterocycles. The van der Waals surface area contributed by atoms with Crippen LogP contribution in [0.15, 0.2) is 18.2 Å². The van der Waals surface area contributed by atoms with E-state index in [1.807, 2.05) is 12.1 Å². The fourth-order valence-electron chi connectivity index (χ4n) is 2.51. The lowest BCUT2D eigenvalue weighted by Gasteiger charge is -2.35. The van der Waals surface area contributed by atoms with Gasteiger partial charge < -0.3 is 10.2 Å². The summed E-state index contributed by atoms with van der Waals surface area (Å²) in [5, 5.41) is 3.56. The average molecular weight is 250 g/mol. The van der Waals surface area contributed by atoms with Crippen LogP contribution in [0.4, 0.5) is 10.1 Å². The second kappa shape index (κ2) is 6.19. The molecule has 0 bridgehead atoms. The fraction of sp³-hybridized carbons (Fsp3) is 0.600. The van der Waals surface area contributed by atoms with Crippen molar-refractivity contribution in [1.29, 1.82) is 0 Å². The highest BCUT2D eigenvalue weighted by atomic mass is 19.1. The zero-order valence-corrected chi connectivity index (χ0v) is 11.4. The van der Waals surface area contributed by atoms with Gasteiger partial charge in [0.05, 0.1) is 0 Å². The zero-order chi connectivity index (χ0) is 13.0. The van der Waals surface area contributed by atoms with Gasteiger partial charge in [-0.1, -0.05) is 13.0 Å². The van der Waals surface area contributed by atoms with Gasteiger partial charge >= 0.3 is 0 Å². The smallest absolute Gasteiger partial charge is 0.128 e. The first kappa shape index (κ1) is 13.3. The molecular formula is C15H23FN2. The second-order valence-electron chi connectivity index (χ2n) is 5.17. The minimum absolute atomic E-state index is 0.101. The molecule has 0 radical (unpaired) electrons. The van der Waals surface area contributed by atoms with Gasteiger partial charge in [0.15, 0.2) is 0 Å².